The number of ether oxygens (including phenoxy) is 1. The number of nitriles is 1. The summed E-state index contributed by atoms with van der Waals surface area (Å²) in [5, 5.41) is 18.9. The predicted molar refractivity (Wildman–Crippen MR) is 77.2 cm³/mol. The quantitative estimate of drug-likeness (QED) is 0.803. The van der Waals surface area contributed by atoms with Crippen molar-refractivity contribution in [3.63, 3.8) is 0 Å². The van der Waals surface area contributed by atoms with Crippen molar-refractivity contribution in [1.29, 1.82) is 5.26 Å². The van der Waals surface area contributed by atoms with Gasteiger partial charge in [0.15, 0.2) is 17.3 Å². The molecule has 0 saturated carbocycles. The normalized spacial score (nSPS) is 10.3. The van der Waals surface area contributed by atoms with Crippen molar-refractivity contribution in [1.82, 2.24) is 15.4 Å². The summed E-state index contributed by atoms with van der Waals surface area (Å²) in [6, 6.07) is 12.5. The Kier molecular flexibility index (Phi) is 3.97. The van der Waals surface area contributed by atoms with E-state index >= 15 is 0 Å². The minimum absolute atomic E-state index is 0.0879. The smallest absolute Gasteiger partial charge is 0.163 e. The van der Waals surface area contributed by atoms with Crippen LogP contribution in [0.15, 0.2) is 42.5 Å². The molecule has 2 aromatic carbocycles. The summed E-state index contributed by atoms with van der Waals surface area (Å²) in [5.74, 6) is -1.30. The van der Waals surface area contributed by atoms with E-state index in [4.69, 9.17) is 10.00 Å². The SMILES string of the molecule is N#Cc1[nH]nnc1-c1cccc(OCc2ccc(F)c(F)c2)c1. The van der Waals surface area contributed by atoms with Crippen molar-refractivity contribution in [3.8, 4) is 23.1 Å². The van der Waals surface area contributed by atoms with Gasteiger partial charge in [0.05, 0.1) is 0 Å². The van der Waals surface area contributed by atoms with Crippen molar-refractivity contribution >= 4 is 0 Å². The summed E-state index contributed by atoms with van der Waals surface area (Å²) in [7, 11) is 0. The lowest BCUT2D eigenvalue weighted by atomic mass is 10.1. The Morgan fingerprint density at radius 2 is 2.00 bits per heavy atom. The number of H-pyrrole nitrogens is 1. The van der Waals surface area contributed by atoms with Crippen LogP contribution in [0.4, 0.5) is 8.78 Å². The standard InChI is InChI=1S/C16H10F2N4O/c17-13-5-4-10(6-14(13)18)9-23-12-3-1-2-11(7-12)16-15(8-19)20-22-21-16/h1-7H,9H2,(H,20,21,22). The van der Waals surface area contributed by atoms with Crippen molar-refractivity contribution in [3.05, 3.63) is 65.4 Å². The molecule has 0 aliphatic heterocycles. The second-order valence-corrected chi connectivity index (χ2v) is 4.71. The molecular weight excluding hydrogens is 302 g/mol. The number of nitrogens with zero attached hydrogens (tertiary/aromatic N) is 3. The Morgan fingerprint density at radius 3 is 2.78 bits per heavy atom. The highest BCUT2D eigenvalue weighted by Gasteiger charge is 2.10. The maximum Gasteiger partial charge on any atom is 0.163 e. The minimum atomic E-state index is -0.916. The van der Waals surface area contributed by atoms with Gasteiger partial charge < -0.3 is 4.74 Å². The van der Waals surface area contributed by atoms with E-state index in [1.54, 1.807) is 24.3 Å². The van der Waals surface area contributed by atoms with Crippen LogP contribution in [-0.4, -0.2) is 15.4 Å². The molecule has 0 atom stereocenters. The summed E-state index contributed by atoms with van der Waals surface area (Å²) in [6.07, 6.45) is 0. The summed E-state index contributed by atoms with van der Waals surface area (Å²) < 4.78 is 31.6. The molecule has 0 fully saturated rings. The van der Waals surface area contributed by atoms with Crippen LogP contribution in [0.2, 0.25) is 0 Å². The van der Waals surface area contributed by atoms with Crippen LogP contribution in [0.3, 0.4) is 0 Å². The first-order valence-corrected chi connectivity index (χ1v) is 6.65. The number of hydrogen-bond acceptors (Lipinski definition) is 4. The summed E-state index contributed by atoms with van der Waals surface area (Å²) in [5.41, 5.74) is 1.85. The van der Waals surface area contributed by atoms with Gasteiger partial charge in [-0.3, -0.25) is 0 Å². The molecule has 0 aliphatic carbocycles. The van der Waals surface area contributed by atoms with Crippen LogP contribution < -0.4 is 4.74 Å². The first-order chi connectivity index (χ1) is 11.2. The van der Waals surface area contributed by atoms with Gasteiger partial charge in [-0.05, 0) is 29.8 Å². The fraction of sp³-hybridized carbons (Fsp3) is 0.0625. The predicted octanol–water partition coefficient (Wildman–Crippen LogP) is 3.20. The number of aromatic nitrogens is 3. The number of aromatic amines is 1. The lowest BCUT2D eigenvalue weighted by Crippen LogP contribution is -1.97. The van der Waals surface area contributed by atoms with Gasteiger partial charge in [-0.2, -0.15) is 5.26 Å². The summed E-state index contributed by atoms with van der Waals surface area (Å²) in [4.78, 5) is 0. The van der Waals surface area contributed by atoms with Crippen LogP contribution >= 0.6 is 0 Å². The average molecular weight is 312 g/mol. The molecule has 0 unspecified atom stereocenters. The van der Waals surface area contributed by atoms with E-state index in [-0.39, 0.29) is 12.3 Å². The molecule has 3 aromatic rings. The fourth-order valence-electron chi connectivity index (χ4n) is 2.04. The number of hydrogen-bond donors (Lipinski definition) is 1. The van der Waals surface area contributed by atoms with E-state index in [0.717, 1.165) is 12.1 Å². The Bertz CT molecular complexity index is 886. The van der Waals surface area contributed by atoms with Gasteiger partial charge in [-0.15, -0.1) is 5.10 Å². The maximum atomic E-state index is 13.2. The van der Waals surface area contributed by atoms with E-state index in [1.807, 2.05) is 6.07 Å². The van der Waals surface area contributed by atoms with Gasteiger partial charge in [-0.25, -0.2) is 13.9 Å². The third kappa shape index (κ3) is 3.16. The molecule has 1 aromatic heterocycles. The highest BCUT2D eigenvalue weighted by atomic mass is 19.2. The van der Waals surface area contributed by atoms with E-state index in [1.165, 1.54) is 6.07 Å². The minimum Gasteiger partial charge on any atom is -0.489 e. The zero-order valence-corrected chi connectivity index (χ0v) is 11.8. The van der Waals surface area contributed by atoms with Gasteiger partial charge in [-0.1, -0.05) is 23.4 Å². The molecule has 0 amide bonds. The van der Waals surface area contributed by atoms with Crippen LogP contribution in [0, 0.1) is 23.0 Å². The fourth-order valence-corrected chi connectivity index (χ4v) is 2.04. The molecular formula is C16H10F2N4O. The van der Waals surface area contributed by atoms with E-state index in [0.29, 0.717) is 22.6 Å². The highest BCUT2D eigenvalue weighted by molar-refractivity contribution is 5.65. The topological polar surface area (TPSA) is 74.6 Å². The monoisotopic (exact) mass is 312 g/mol. The molecule has 3 rings (SSSR count). The molecule has 0 aliphatic rings. The number of nitrogens with one attached hydrogen (secondary N) is 1. The van der Waals surface area contributed by atoms with E-state index in [2.05, 4.69) is 15.4 Å². The zero-order chi connectivity index (χ0) is 16.2. The molecule has 114 valence electrons. The average Bonchev–Trinajstić information content (AvgIpc) is 3.05. The molecule has 1 heterocycles. The second-order valence-electron chi connectivity index (χ2n) is 4.71. The molecule has 23 heavy (non-hydrogen) atoms. The van der Waals surface area contributed by atoms with Gasteiger partial charge in [0.1, 0.15) is 24.1 Å². The third-order valence-corrected chi connectivity index (χ3v) is 3.16. The lowest BCUT2D eigenvalue weighted by molar-refractivity contribution is 0.305. The lowest BCUT2D eigenvalue weighted by Gasteiger charge is -2.08. The van der Waals surface area contributed by atoms with Crippen LogP contribution in [0.5, 0.6) is 5.75 Å². The van der Waals surface area contributed by atoms with E-state index in [9.17, 15) is 8.78 Å². The van der Waals surface area contributed by atoms with Crippen molar-refractivity contribution in [2.75, 3.05) is 0 Å². The van der Waals surface area contributed by atoms with Crippen molar-refractivity contribution < 1.29 is 13.5 Å². The Labute approximate surface area is 130 Å². The molecule has 7 heteroatoms. The summed E-state index contributed by atoms with van der Waals surface area (Å²) >= 11 is 0. The Hall–Kier alpha value is -3.27. The molecule has 1 N–H and O–H groups in total. The molecule has 0 bridgehead atoms. The number of halogens is 2. The molecule has 0 radical (unpaired) electrons. The van der Waals surface area contributed by atoms with Crippen molar-refractivity contribution in [2.24, 2.45) is 0 Å². The first-order valence-electron chi connectivity index (χ1n) is 6.65. The number of benzene rings is 2. The Morgan fingerprint density at radius 1 is 1.13 bits per heavy atom. The molecule has 0 spiro atoms. The summed E-state index contributed by atoms with van der Waals surface area (Å²) in [6.45, 7) is 0.0879. The largest absolute Gasteiger partial charge is 0.489 e. The molecule has 5 nitrogen and oxygen atoms in total. The number of rotatable bonds is 4. The van der Waals surface area contributed by atoms with Crippen LogP contribution in [0.25, 0.3) is 11.3 Å². The van der Waals surface area contributed by atoms with Gasteiger partial charge in [0, 0.05) is 5.56 Å². The van der Waals surface area contributed by atoms with Crippen LogP contribution in [0.1, 0.15) is 11.3 Å². The van der Waals surface area contributed by atoms with Gasteiger partial charge in [0.25, 0.3) is 0 Å². The van der Waals surface area contributed by atoms with Gasteiger partial charge >= 0.3 is 0 Å². The maximum absolute atomic E-state index is 13.2. The zero-order valence-electron chi connectivity index (χ0n) is 11.8. The first kappa shape index (κ1) is 14.7. The van der Waals surface area contributed by atoms with Crippen molar-refractivity contribution in [2.45, 2.75) is 6.61 Å². The van der Waals surface area contributed by atoms with Crippen LogP contribution in [-0.2, 0) is 6.61 Å². The third-order valence-electron chi connectivity index (χ3n) is 3.16. The highest BCUT2D eigenvalue weighted by Crippen LogP contribution is 2.24. The Balaban J connectivity index is 1.78. The van der Waals surface area contributed by atoms with E-state index < -0.39 is 11.6 Å². The second kappa shape index (κ2) is 6.23. The van der Waals surface area contributed by atoms with Gasteiger partial charge in [0.2, 0.25) is 0 Å². The molecule has 0 saturated heterocycles.